The number of allylic oxidation sites excluding steroid dienone is 2. The van der Waals surface area contributed by atoms with Crippen LogP contribution in [0.2, 0.25) is 0 Å². The molecule has 2 aromatic carbocycles. The first-order chi connectivity index (χ1) is 10.7. The van der Waals surface area contributed by atoms with Gasteiger partial charge < -0.3 is 9.47 Å². The molecule has 0 saturated heterocycles. The predicted molar refractivity (Wildman–Crippen MR) is 93.6 cm³/mol. The van der Waals surface area contributed by atoms with Crippen LogP contribution in [-0.4, -0.2) is 14.2 Å². The maximum atomic E-state index is 5.60. The van der Waals surface area contributed by atoms with Crippen LogP contribution in [0, 0.1) is 0 Å². The summed E-state index contributed by atoms with van der Waals surface area (Å²) >= 11 is 0. The van der Waals surface area contributed by atoms with Gasteiger partial charge in [0, 0.05) is 11.1 Å². The van der Waals surface area contributed by atoms with Gasteiger partial charge in [0.15, 0.2) is 0 Å². The second-order valence-electron chi connectivity index (χ2n) is 4.95. The monoisotopic (exact) mass is 294 g/mol. The number of rotatable bonds is 6. The highest BCUT2D eigenvalue weighted by Crippen LogP contribution is 2.39. The van der Waals surface area contributed by atoms with Crippen LogP contribution < -0.4 is 9.47 Å². The largest absolute Gasteiger partial charge is 0.496 e. The summed E-state index contributed by atoms with van der Waals surface area (Å²) in [5.41, 5.74) is 4.38. The molecule has 2 aromatic rings. The summed E-state index contributed by atoms with van der Waals surface area (Å²) in [6, 6.07) is 12.3. The Hall–Kier alpha value is -2.48. The Kier molecular flexibility index (Phi) is 5.42. The number of hydrogen-bond donors (Lipinski definition) is 0. The number of hydrogen-bond acceptors (Lipinski definition) is 2. The van der Waals surface area contributed by atoms with Crippen molar-refractivity contribution in [2.45, 2.75) is 13.3 Å². The highest BCUT2D eigenvalue weighted by atomic mass is 16.5. The lowest BCUT2D eigenvalue weighted by Gasteiger charge is -2.16. The molecule has 0 unspecified atom stereocenters. The van der Waals surface area contributed by atoms with E-state index in [1.807, 2.05) is 37.3 Å². The summed E-state index contributed by atoms with van der Waals surface area (Å²) in [4.78, 5) is 0. The van der Waals surface area contributed by atoms with Crippen LogP contribution in [0.25, 0.3) is 17.2 Å². The van der Waals surface area contributed by atoms with Crippen molar-refractivity contribution in [2.75, 3.05) is 14.2 Å². The third-order valence-corrected chi connectivity index (χ3v) is 3.55. The summed E-state index contributed by atoms with van der Waals surface area (Å²) in [7, 11) is 3.39. The van der Waals surface area contributed by atoms with E-state index in [0.29, 0.717) is 0 Å². The lowest BCUT2D eigenvalue weighted by atomic mass is 9.95. The molecule has 0 heterocycles. The molecular formula is C20H22O2. The average Bonchev–Trinajstić information content (AvgIpc) is 2.55. The highest BCUT2D eigenvalue weighted by molar-refractivity contribution is 5.80. The first-order valence-corrected chi connectivity index (χ1v) is 7.33. The molecule has 0 saturated carbocycles. The van der Waals surface area contributed by atoms with Crippen molar-refractivity contribution in [3.63, 3.8) is 0 Å². The lowest BCUT2D eigenvalue weighted by Crippen LogP contribution is -1.96. The number of methoxy groups -OCH3 is 2. The second kappa shape index (κ2) is 7.51. The first-order valence-electron chi connectivity index (χ1n) is 7.33. The molecular weight excluding hydrogens is 272 g/mol. The Morgan fingerprint density at radius 3 is 2.45 bits per heavy atom. The van der Waals surface area contributed by atoms with Crippen molar-refractivity contribution in [1.82, 2.24) is 0 Å². The topological polar surface area (TPSA) is 18.5 Å². The number of ether oxygens (including phenoxy) is 2. The number of benzene rings is 2. The van der Waals surface area contributed by atoms with E-state index in [1.54, 1.807) is 14.2 Å². The van der Waals surface area contributed by atoms with Gasteiger partial charge in [-0.2, -0.15) is 0 Å². The van der Waals surface area contributed by atoms with Crippen LogP contribution in [-0.2, 0) is 6.42 Å². The minimum atomic E-state index is 0.784. The molecule has 0 spiro atoms. The molecule has 2 nitrogen and oxygen atoms in total. The van der Waals surface area contributed by atoms with Gasteiger partial charge in [0.1, 0.15) is 11.5 Å². The van der Waals surface area contributed by atoms with Crippen molar-refractivity contribution < 1.29 is 9.47 Å². The molecule has 22 heavy (non-hydrogen) atoms. The van der Waals surface area contributed by atoms with Crippen molar-refractivity contribution in [1.29, 1.82) is 0 Å². The summed E-state index contributed by atoms with van der Waals surface area (Å²) < 4.78 is 11.2. The minimum absolute atomic E-state index is 0.784. The second-order valence-corrected chi connectivity index (χ2v) is 4.95. The van der Waals surface area contributed by atoms with Gasteiger partial charge in [-0.1, -0.05) is 36.4 Å². The van der Waals surface area contributed by atoms with Gasteiger partial charge in [0.2, 0.25) is 0 Å². The molecule has 0 aliphatic rings. The Morgan fingerprint density at radius 1 is 1.05 bits per heavy atom. The maximum Gasteiger partial charge on any atom is 0.127 e. The molecule has 0 radical (unpaired) electrons. The van der Waals surface area contributed by atoms with Crippen LogP contribution in [0.15, 0.2) is 55.1 Å². The highest BCUT2D eigenvalue weighted by Gasteiger charge is 2.15. The first kappa shape index (κ1) is 15.9. The summed E-state index contributed by atoms with van der Waals surface area (Å²) in [6.07, 6.45) is 6.76. The van der Waals surface area contributed by atoms with E-state index in [-0.39, 0.29) is 0 Å². The Bertz CT molecular complexity index is 684. The van der Waals surface area contributed by atoms with Gasteiger partial charge in [0.25, 0.3) is 0 Å². The quantitative estimate of drug-likeness (QED) is 0.687. The third kappa shape index (κ3) is 3.22. The van der Waals surface area contributed by atoms with Gasteiger partial charge in [-0.3, -0.25) is 0 Å². The molecule has 0 fully saturated rings. The van der Waals surface area contributed by atoms with E-state index in [9.17, 15) is 0 Å². The standard InChI is InChI=1S/C20H22O2/c1-5-8-15-12-13-17(19(14-15)22-4)20-16(9-6-2)10-7-11-18(20)21-3/h5-8,10-14H,2,9H2,1,3-4H3. The maximum absolute atomic E-state index is 5.60. The smallest absolute Gasteiger partial charge is 0.127 e. The zero-order chi connectivity index (χ0) is 15.9. The van der Waals surface area contributed by atoms with Crippen LogP contribution in [0.3, 0.4) is 0 Å². The fourth-order valence-corrected chi connectivity index (χ4v) is 2.59. The van der Waals surface area contributed by atoms with Gasteiger partial charge in [-0.05, 0) is 42.7 Å². The van der Waals surface area contributed by atoms with E-state index in [0.717, 1.165) is 34.6 Å². The Morgan fingerprint density at radius 2 is 1.82 bits per heavy atom. The van der Waals surface area contributed by atoms with Gasteiger partial charge in [-0.15, -0.1) is 6.58 Å². The fraction of sp³-hybridized carbons (Fsp3) is 0.200. The molecule has 0 aliphatic heterocycles. The Labute approximate surface area is 132 Å². The van der Waals surface area contributed by atoms with E-state index in [2.05, 4.69) is 30.9 Å². The predicted octanol–water partition coefficient (Wildman–Crippen LogP) is 5.13. The van der Waals surface area contributed by atoms with Crippen LogP contribution in [0.4, 0.5) is 0 Å². The minimum Gasteiger partial charge on any atom is -0.496 e. The van der Waals surface area contributed by atoms with E-state index < -0.39 is 0 Å². The van der Waals surface area contributed by atoms with Crippen molar-refractivity contribution in [3.8, 4) is 22.6 Å². The lowest BCUT2D eigenvalue weighted by molar-refractivity contribution is 0.410. The molecule has 2 rings (SSSR count). The Balaban J connectivity index is 2.67. The third-order valence-electron chi connectivity index (χ3n) is 3.55. The molecule has 114 valence electrons. The van der Waals surface area contributed by atoms with Crippen LogP contribution in [0.1, 0.15) is 18.1 Å². The van der Waals surface area contributed by atoms with Crippen LogP contribution >= 0.6 is 0 Å². The summed E-state index contributed by atoms with van der Waals surface area (Å²) in [5, 5.41) is 0. The molecule has 0 amide bonds. The van der Waals surface area contributed by atoms with Gasteiger partial charge >= 0.3 is 0 Å². The van der Waals surface area contributed by atoms with Crippen molar-refractivity contribution in [2.24, 2.45) is 0 Å². The molecule has 0 N–H and O–H groups in total. The van der Waals surface area contributed by atoms with Crippen molar-refractivity contribution >= 4 is 6.08 Å². The molecule has 2 heteroatoms. The SMILES string of the molecule is C=CCc1cccc(OC)c1-c1ccc(C=CC)cc1OC. The summed E-state index contributed by atoms with van der Waals surface area (Å²) in [6.45, 7) is 5.85. The van der Waals surface area contributed by atoms with Crippen molar-refractivity contribution in [3.05, 3.63) is 66.3 Å². The molecule has 0 bridgehead atoms. The normalized spacial score (nSPS) is 10.7. The zero-order valence-electron chi connectivity index (χ0n) is 13.4. The average molecular weight is 294 g/mol. The molecule has 0 aliphatic carbocycles. The van der Waals surface area contributed by atoms with E-state index >= 15 is 0 Å². The molecule has 0 atom stereocenters. The molecule has 0 aromatic heterocycles. The van der Waals surface area contributed by atoms with Gasteiger partial charge in [0.05, 0.1) is 14.2 Å². The fourth-order valence-electron chi connectivity index (χ4n) is 2.59. The summed E-state index contributed by atoms with van der Waals surface area (Å²) in [5.74, 6) is 1.68. The van der Waals surface area contributed by atoms with E-state index in [1.165, 1.54) is 5.56 Å². The zero-order valence-corrected chi connectivity index (χ0v) is 13.4. The van der Waals surface area contributed by atoms with Crippen LogP contribution in [0.5, 0.6) is 11.5 Å². The van der Waals surface area contributed by atoms with E-state index in [4.69, 9.17) is 9.47 Å². The van der Waals surface area contributed by atoms with Gasteiger partial charge in [-0.25, -0.2) is 0 Å².